The van der Waals surface area contributed by atoms with Crippen molar-refractivity contribution in [3.63, 3.8) is 0 Å². The van der Waals surface area contributed by atoms with Crippen LogP contribution in [-0.4, -0.2) is 28.2 Å². The summed E-state index contributed by atoms with van der Waals surface area (Å²) in [5, 5.41) is 12.2. The highest BCUT2D eigenvalue weighted by molar-refractivity contribution is 5.23. The number of hydrogen-bond donors (Lipinski definition) is 2. The van der Waals surface area contributed by atoms with Crippen LogP contribution in [0.1, 0.15) is 12.8 Å². The maximum atomic E-state index is 9.05. The van der Waals surface area contributed by atoms with E-state index in [1.807, 2.05) is 0 Å². The van der Waals surface area contributed by atoms with Gasteiger partial charge in [0.25, 0.3) is 0 Å². The van der Waals surface area contributed by atoms with Crippen LogP contribution < -0.4 is 5.32 Å². The van der Waals surface area contributed by atoms with E-state index in [0.29, 0.717) is 5.95 Å². The zero-order chi connectivity index (χ0) is 9.15. The van der Waals surface area contributed by atoms with Gasteiger partial charge >= 0.3 is 0 Å². The summed E-state index contributed by atoms with van der Waals surface area (Å²) >= 11 is 0. The van der Waals surface area contributed by atoms with E-state index in [9.17, 15) is 0 Å². The molecular formula is C9H13N3O. The van der Waals surface area contributed by atoms with Gasteiger partial charge in [0, 0.05) is 24.4 Å². The van der Waals surface area contributed by atoms with Gasteiger partial charge in [-0.15, -0.1) is 0 Å². The fourth-order valence-corrected chi connectivity index (χ4v) is 1.22. The number of anilines is 1. The van der Waals surface area contributed by atoms with Gasteiger partial charge in [-0.05, 0) is 18.9 Å². The normalized spacial score (nSPS) is 18.2. The second-order valence-corrected chi connectivity index (χ2v) is 3.58. The second-order valence-electron chi connectivity index (χ2n) is 3.58. The summed E-state index contributed by atoms with van der Waals surface area (Å²) in [6, 6.07) is 1.78. The number of nitrogens with zero attached hydrogens (tertiary/aromatic N) is 2. The van der Waals surface area contributed by atoms with Crippen LogP contribution in [0.25, 0.3) is 0 Å². The van der Waals surface area contributed by atoms with Crippen LogP contribution >= 0.6 is 0 Å². The summed E-state index contributed by atoms with van der Waals surface area (Å²) in [5.41, 5.74) is 0.110. The van der Waals surface area contributed by atoms with E-state index in [2.05, 4.69) is 15.3 Å². The van der Waals surface area contributed by atoms with Crippen molar-refractivity contribution in [1.82, 2.24) is 9.97 Å². The molecule has 13 heavy (non-hydrogen) atoms. The van der Waals surface area contributed by atoms with Gasteiger partial charge in [-0.1, -0.05) is 0 Å². The molecule has 0 aliphatic heterocycles. The van der Waals surface area contributed by atoms with Crippen molar-refractivity contribution in [3.05, 3.63) is 18.5 Å². The number of hydrogen-bond acceptors (Lipinski definition) is 4. The van der Waals surface area contributed by atoms with Crippen LogP contribution in [0, 0.1) is 5.41 Å². The first-order chi connectivity index (χ1) is 6.35. The van der Waals surface area contributed by atoms with Crippen molar-refractivity contribution in [2.75, 3.05) is 18.5 Å². The lowest BCUT2D eigenvalue weighted by molar-refractivity contribution is 0.219. The Bertz CT molecular complexity index is 271. The Morgan fingerprint density at radius 2 is 2.08 bits per heavy atom. The van der Waals surface area contributed by atoms with Gasteiger partial charge < -0.3 is 10.4 Å². The lowest BCUT2D eigenvalue weighted by Crippen LogP contribution is -2.19. The highest BCUT2D eigenvalue weighted by Gasteiger charge is 2.41. The van der Waals surface area contributed by atoms with Crippen molar-refractivity contribution < 1.29 is 5.11 Å². The average molecular weight is 179 g/mol. The Morgan fingerprint density at radius 1 is 1.38 bits per heavy atom. The fourth-order valence-electron chi connectivity index (χ4n) is 1.22. The number of nitrogens with one attached hydrogen (secondary N) is 1. The number of aromatic nitrogens is 2. The smallest absolute Gasteiger partial charge is 0.222 e. The monoisotopic (exact) mass is 179 g/mol. The van der Waals surface area contributed by atoms with Crippen LogP contribution in [0.4, 0.5) is 5.95 Å². The molecule has 2 N–H and O–H groups in total. The molecule has 1 aliphatic rings. The van der Waals surface area contributed by atoms with Crippen LogP contribution in [0.15, 0.2) is 18.5 Å². The predicted molar refractivity (Wildman–Crippen MR) is 49.3 cm³/mol. The first-order valence-electron chi connectivity index (χ1n) is 4.46. The molecule has 1 aromatic rings. The lowest BCUT2D eigenvalue weighted by atomic mass is 10.1. The fraction of sp³-hybridized carbons (Fsp3) is 0.556. The molecule has 2 rings (SSSR count). The predicted octanol–water partition coefficient (Wildman–Crippen LogP) is 0.661. The molecule has 0 bridgehead atoms. The third kappa shape index (κ3) is 1.95. The van der Waals surface area contributed by atoms with Crippen LogP contribution in [-0.2, 0) is 0 Å². The van der Waals surface area contributed by atoms with E-state index in [4.69, 9.17) is 5.11 Å². The number of rotatable bonds is 4. The molecule has 0 spiro atoms. The van der Waals surface area contributed by atoms with Gasteiger partial charge in [0.15, 0.2) is 0 Å². The molecule has 0 amide bonds. The Morgan fingerprint density at radius 3 is 2.62 bits per heavy atom. The summed E-state index contributed by atoms with van der Waals surface area (Å²) in [4.78, 5) is 8.08. The average Bonchev–Trinajstić information content (AvgIpc) is 2.97. The molecule has 1 fully saturated rings. The van der Waals surface area contributed by atoms with Crippen LogP contribution in [0.5, 0.6) is 0 Å². The van der Waals surface area contributed by atoms with Gasteiger partial charge in [-0.2, -0.15) is 0 Å². The van der Waals surface area contributed by atoms with Gasteiger partial charge in [0.05, 0.1) is 6.61 Å². The van der Waals surface area contributed by atoms with E-state index in [1.165, 1.54) is 0 Å². The van der Waals surface area contributed by atoms with Crippen molar-refractivity contribution >= 4 is 5.95 Å². The largest absolute Gasteiger partial charge is 0.396 e. The molecule has 0 radical (unpaired) electrons. The number of aliphatic hydroxyl groups is 1. The molecular weight excluding hydrogens is 166 g/mol. The van der Waals surface area contributed by atoms with E-state index in [1.54, 1.807) is 18.5 Å². The van der Waals surface area contributed by atoms with Crippen molar-refractivity contribution in [3.8, 4) is 0 Å². The lowest BCUT2D eigenvalue weighted by Gasteiger charge is -2.11. The van der Waals surface area contributed by atoms with E-state index >= 15 is 0 Å². The molecule has 4 nitrogen and oxygen atoms in total. The topological polar surface area (TPSA) is 58.0 Å². The zero-order valence-electron chi connectivity index (χ0n) is 7.40. The van der Waals surface area contributed by atoms with Crippen LogP contribution in [0.2, 0.25) is 0 Å². The zero-order valence-corrected chi connectivity index (χ0v) is 7.40. The molecule has 4 heteroatoms. The molecule has 0 aromatic carbocycles. The Balaban J connectivity index is 1.86. The Kier molecular flexibility index (Phi) is 2.14. The van der Waals surface area contributed by atoms with E-state index in [-0.39, 0.29) is 12.0 Å². The van der Waals surface area contributed by atoms with Gasteiger partial charge in [0.1, 0.15) is 0 Å². The summed E-state index contributed by atoms with van der Waals surface area (Å²) in [7, 11) is 0. The maximum Gasteiger partial charge on any atom is 0.222 e. The first-order valence-corrected chi connectivity index (χ1v) is 4.46. The summed E-state index contributed by atoms with van der Waals surface area (Å²) in [5.74, 6) is 0.641. The molecule has 1 saturated carbocycles. The SMILES string of the molecule is OCC1(CNc2ncccn2)CC1. The van der Waals surface area contributed by atoms with Crippen molar-refractivity contribution in [1.29, 1.82) is 0 Å². The van der Waals surface area contributed by atoms with E-state index < -0.39 is 0 Å². The molecule has 70 valence electrons. The summed E-state index contributed by atoms with van der Waals surface area (Å²) in [6.07, 6.45) is 5.61. The van der Waals surface area contributed by atoms with Gasteiger partial charge in [-0.25, -0.2) is 9.97 Å². The molecule has 0 atom stereocenters. The van der Waals surface area contributed by atoms with Gasteiger partial charge in [-0.3, -0.25) is 0 Å². The molecule has 1 aliphatic carbocycles. The summed E-state index contributed by atoms with van der Waals surface area (Å²) < 4.78 is 0. The quantitative estimate of drug-likeness (QED) is 0.713. The maximum absolute atomic E-state index is 9.05. The highest BCUT2D eigenvalue weighted by atomic mass is 16.3. The molecule has 0 saturated heterocycles. The standard InChI is InChI=1S/C9H13N3O/c13-7-9(2-3-9)6-12-8-10-4-1-5-11-8/h1,4-5,13H,2-3,6-7H2,(H,10,11,12). The molecule has 1 heterocycles. The van der Waals surface area contributed by atoms with Crippen LogP contribution in [0.3, 0.4) is 0 Å². The first kappa shape index (κ1) is 8.44. The minimum absolute atomic E-state index is 0.110. The third-order valence-electron chi connectivity index (χ3n) is 2.48. The minimum atomic E-state index is 0.110. The Hall–Kier alpha value is -1.16. The third-order valence-corrected chi connectivity index (χ3v) is 2.48. The van der Waals surface area contributed by atoms with Gasteiger partial charge in [0.2, 0.25) is 5.95 Å². The summed E-state index contributed by atoms with van der Waals surface area (Å²) in [6.45, 7) is 1.03. The van der Waals surface area contributed by atoms with Crippen molar-refractivity contribution in [2.45, 2.75) is 12.8 Å². The highest BCUT2D eigenvalue weighted by Crippen LogP contribution is 2.44. The van der Waals surface area contributed by atoms with Crippen molar-refractivity contribution in [2.24, 2.45) is 5.41 Å². The molecule has 0 unspecified atom stereocenters. The Labute approximate surface area is 77.0 Å². The number of aliphatic hydroxyl groups excluding tert-OH is 1. The minimum Gasteiger partial charge on any atom is -0.396 e. The second kappa shape index (κ2) is 3.30. The van der Waals surface area contributed by atoms with E-state index in [0.717, 1.165) is 19.4 Å². The molecule has 1 aromatic heterocycles.